The molecule has 1 atom stereocenters. The van der Waals surface area contributed by atoms with Crippen molar-refractivity contribution in [3.63, 3.8) is 0 Å². The minimum atomic E-state index is 0.360. The minimum Gasteiger partial charge on any atom is -0.312 e. The van der Waals surface area contributed by atoms with Crippen molar-refractivity contribution in [2.75, 3.05) is 7.05 Å². The molecule has 110 valence electrons. The van der Waals surface area contributed by atoms with Gasteiger partial charge in [0.1, 0.15) is 0 Å². The molecule has 0 saturated carbocycles. The van der Waals surface area contributed by atoms with E-state index < -0.39 is 0 Å². The number of nitrogens with zero attached hydrogens (tertiary/aromatic N) is 2. The summed E-state index contributed by atoms with van der Waals surface area (Å²) in [6, 6.07) is 4.71. The molecular formula is C15H22BrN3S. The highest BCUT2D eigenvalue weighted by Crippen LogP contribution is 2.27. The van der Waals surface area contributed by atoms with Crippen LogP contribution in [0.2, 0.25) is 0 Å². The maximum Gasteiger partial charge on any atom is 0.0695 e. The summed E-state index contributed by atoms with van der Waals surface area (Å²) in [5, 5.41) is 10.1. The van der Waals surface area contributed by atoms with Gasteiger partial charge < -0.3 is 5.32 Å². The van der Waals surface area contributed by atoms with Gasteiger partial charge in [-0.25, -0.2) is 0 Å². The fraction of sp³-hybridized carbons (Fsp3) is 0.533. The predicted molar refractivity (Wildman–Crippen MR) is 89.3 cm³/mol. The summed E-state index contributed by atoms with van der Waals surface area (Å²) in [5.74, 6) is 0. The molecule has 20 heavy (non-hydrogen) atoms. The van der Waals surface area contributed by atoms with E-state index in [4.69, 9.17) is 0 Å². The van der Waals surface area contributed by atoms with Crippen molar-refractivity contribution in [2.45, 2.75) is 45.2 Å². The second-order valence-electron chi connectivity index (χ2n) is 4.91. The Morgan fingerprint density at radius 3 is 3.00 bits per heavy atom. The molecule has 0 aliphatic heterocycles. The molecule has 2 aromatic heterocycles. The summed E-state index contributed by atoms with van der Waals surface area (Å²) in [5.41, 5.74) is 1.28. The van der Waals surface area contributed by atoms with Gasteiger partial charge in [0.2, 0.25) is 0 Å². The van der Waals surface area contributed by atoms with Crippen LogP contribution in [0.1, 0.15) is 42.8 Å². The van der Waals surface area contributed by atoms with Crippen molar-refractivity contribution in [2.24, 2.45) is 0 Å². The Balaban J connectivity index is 1.98. The predicted octanol–water partition coefficient (Wildman–Crippen LogP) is 4.40. The van der Waals surface area contributed by atoms with E-state index in [0.29, 0.717) is 6.04 Å². The van der Waals surface area contributed by atoms with E-state index in [2.05, 4.69) is 55.5 Å². The number of nitrogens with one attached hydrogen (secondary N) is 1. The Hall–Kier alpha value is -0.650. The van der Waals surface area contributed by atoms with Gasteiger partial charge in [0.15, 0.2) is 0 Å². The van der Waals surface area contributed by atoms with Gasteiger partial charge in [0.05, 0.1) is 22.4 Å². The molecule has 0 aliphatic carbocycles. The van der Waals surface area contributed by atoms with E-state index in [1.807, 2.05) is 24.6 Å². The number of aryl methyl sites for hydroxylation is 2. The van der Waals surface area contributed by atoms with Crippen molar-refractivity contribution in [1.82, 2.24) is 15.1 Å². The molecule has 2 aromatic rings. The summed E-state index contributed by atoms with van der Waals surface area (Å²) in [6.45, 7) is 3.16. The van der Waals surface area contributed by atoms with Gasteiger partial charge in [-0.05, 0) is 60.1 Å². The fourth-order valence-corrected chi connectivity index (χ4v) is 3.79. The summed E-state index contributed by atoms with van der Waals surface area (Å²) in [4.78, 5) is 1.47. The van der Waals surface area contributed by atoms with Crippen LogP contribution in [0.3, 0.4) is 0 Å². The lowest BCUT2D eigenvalue weighted by Gasteiger charge is -2.18. The van der Waals surface area contributed by atoms with Gasteiger partial charge >= 0.3 is 0 Å². The first kappa shape index (κ1) is 15.7. The van der Waals surface area contributed by atoms with Crippen LogP contribution >= 0.6 is 27.3 Å². The van der Waals surface area contributed by atoms with Gasteiger partial charge in [-0.1, -0.05) is 13.0 Å². The second kappa shape index (κ2) is 7.96. The molecule has 0 fully saturated rings. The minimum absolute atomic E-state index is 0.360. The third-order valence-corrected chi connectivity index (χ3v) is 4.99. The standard InChI is InChI=1S/C15H22BrN3S/c1-3-9-19-15(13(16)11-18-19)14(17-2)8-4-6-12-7-5-10-20-12/h5,7,10-11,14,17H,3-4,6,8-9H2,1-2H3. The molecule has 0 bridgehead atoms. The molecule has 0 radical (unpaired) electrons. The number of hydrogen-bond acceptors (Lipinski definition) is 3. The number of rotatable bonds is 8. The third kappa shape index (κ3) is 3.93. The van der Waals surface area contributed by atoms with Crippen LogP contribution < -0.4 is 5.32 Å². The average Bonchev–Trinajstić information content (AvgIpc) is 3.07. The third-order valence-electron chi connectivity index (χ3n) is 3.44. The van der Waals surface area contributed by atoms with Crippen LogP contribution in [-0.4, -0.2) is 16.8 Å². The van der Waals surface area contributed by atoms with Gasteiger partial charge in [-0.15, -0.1) is 11.3 Å². The van der Waals surface area contributed by atoms with E-state index >= 15 is 0 Å². The second-order valence-corrected chi connectivity index (χ2v) is 6.80. The molecule has 0 saturated heterocycles. The Labute approximate surface area is 133 Å². The summed E-state index contributed by atoms with van der Waals surface area (Å²) in [7, 11) is 2.03. The molecule has 0 aliphatic rings. The van der Waals surface area contributed by atoms with Crippen molar-refractivity contribution < 1.29 is 0 Å². The lowest BCUT2D eigenvalue weighted by molar-refractivity contribution is 0.465. The topological polar surface area (TPSA) is 29.9 Å². The Kier molecular flexibility index (Phi) is 6.26. The van der Waals surface area contributed by atoms with Crippen LogP contribution in [0, 0.1) is 0 Å². The van der Waals surface area contributed by atoms with Crippen LogP contribution in [0.15, 0.2) is 28.2 Å². The van der Waals surface area contributed by atoms with Crippen molar-refractivity contribution in [3.05, 3.63) is 38.8 Å². The Morgan fingerprint density at radius 1 is 1.50 bits per heavy atom. The van der Waals surface area contributed by atoms with Crippen LogP contribution in [0.5, 0.6) is 0 Å². The lowest BCUT2D eigenvalue weighted by Crippen LogP contribution is -2.21. The first-order chi connectivity index (χ1) is 9.76. The van der Waals surface area contributed by atoms with Gasteiger partial charge in [0, 0.05) is 11.4 Å². The van der Waals surface area contributed by atoms with Crippen LogP contribution in [0.4, 0.5) is 0 Å². The average molecular weight is 356 g/mol. The molecule has 0 amide bonds. The lowest BCUT2D eigenvalue weighted by atomic mass is 10.1. The van der Waals surface area contributed by atoms with Gasteiger partial charge in [-0.2, -0.15) is 5.10 Å². The Morgan fingerprint density at radius 2 is 2.35 bits per heavy atom. The van der Waals surface area contributed by atoms with E-state index in [1.54, 1.807) is 0 Å². The number of halogens is 1. The maximum atomic E-state index is 4.46. The normalized spacial score (nSPS) is 12.8. The van der Waals surface area contributed by atoms with Gasteiger partial charge in [-0.3, -0.25) is 4.68 Å². The Bertz CT molecular complexity index is 507. The fourth-order valence-electron chi connectivity index (χ4n) is 2.46. The monoisotopic (exact) mass is 355 g/mol. The van der Waals surface area contributed by atoms with E-state index in [0.717, 1.165) is 30.3 Å². The zero-order valence-electron chi connectivity index (χ0n) is 12.1. The number of thiophene rings is 1. The van der Waals surface area contributed by atoms with E-state index in [1.165, 1.54) is 17.0 Å². The summed E-state index contributed by atoms with van der Waals surface area (Å²) >= 11 is 5.48. The van der Waals surface area contributed by atoms with Crippen molar-refractivity contribution >= 4 is 27.3 Å². The van der Waals surface area contributed by atoms with Crippen LogP contribution in [-0.2, 0) is 13.0 Å². The highest BCUT2D eigenvalue weighted by Gasteiger charge is 2.18. The highest BCUT2D eigenvalue weighted by atomic mass is 79.9. The summed E-state index contributed by atoms with van der Waals surface area (Å²) in [6.07, 6.45) is 6.49. The maximum absolute atomic E-state index is 4.46. The molecule has 1 unspecified atom stereocenters. The quantitative estimate of drug-likeness (QED) is 0.760. The molecule has 1 N–H and O–H groups in total. The SMILES string of the molecule is CCCn1ncc(Br)c1C(CCCc1cccs1)NC. The highest BCUT2D eigenvalue weighted by molar-refractivity contribution is 9.10. The molecule has 3 nitrogen and oxygen atoms in total. The molecule has 5 heteroatoms. The molecule has 2 rings (SSSR count). The molecular weight excluding hydrogens is 334 g/mol. The molecule has 0 spiro atoms. The van der Waals surface area contributed by atoms with Crippen LogP contribution in [0.25, 0.3) is 0 Å². The van der Waals surface area contributed by atoms with E-state index in [9.17, 15) is 0 Å². The number of aromatic nitrogens is 2. The first-order valence-corrected chi connectivity index (χ1v) is 8.84. The number of hydrogen-bond donors (Lipinski definition) is 1. The summed E-state index contributed by atoms with van der Waals surface area (Å²) < 4.78 is 3.23. The van der Waals surface area contributed by atoms with E-state index in [-0.39, 0.29) is 0 Å². The largest absolute Gasteiger partial charge is 0.312 e. The molecule has 0 aromatic carbocycles. The smallest absolute Gasteiger partial charge is 0.0695 e. The van der Waals surface area contributed by atoms with Crippen molar-refractivity contribution in [1.29, 1.82) is 0 Å². The van der Waals surface area contributed by atoms with Crippen molar-refractivity contribution in [3.8, 4) is 0 Å². The van der Waals surface area contributed by atoms with Gasteiger partial charge in [0.25, 0.3) is 0 Å². The molecule has 2 heterocycles. The first-order valence-electron chi connectivity index (χ1n) is 7.17. The zero-order chi connectivity index (χ0) is 14.4. The zero-order valence-corrected chi connectivity index (χ0v) is 14.5.